The van der Waals surface area contributed by atoms with Crippen LogP contribution in [-0.2, 0) is 0 Å². The Morgan fingerprint density at radius 1 is 0.449 bits per heavy atom. The first-order chi connectivity index (χ1) is 24.3. The predicted molar refractivity (Wildman–Crippen MR) is 203 cm³/mol. The second-order valence-corrected chi connectivity index (χ2v) is 12.2. The van der Waals surface area contributed by atoms with Gasteiger partial charge in [-0.2, -0.15) is 0 Å². The molecule has 0 spiro atoms. The van der Waals surface area contributed by atoms with Crippen molar-refractivity contribution in [3.05, 3.63) is 199 Å². The average molecular weight is 629 g/mol. The Morgan fingerprint density at radius 2 is 1.02 bits per heavy atom. The Balaban J connectivity index is 1.19. The van der Waals surface area contributed by atoms with E-state index in [-0.39, 0.29) is 6.17 Å². The first-order valence-corrected chi connectivity index (χ1v) is 16.6. The van der Waals surface area contributed by atoms with Gasteiger partial charge in [0.1, 0.15) is 12.0 Å². The molecular formula is C45H32N4. The average Bonchev–Trinajstić information content (AvgIpc) is 3.52. The standard InChI is InChI=1S/C45H32N4/c1-4-16-31(17-5-1)43-46-44(32-18-6-2-7-19-32)48-45(47-43)39-26-13-12-24-37(39)36-23-11-10-22-35(36)33-28-29-42-40(30-33)38-25-14-15-27-41(38)49(42)34-20-8-3-9-21-34/h1-30,43H,(H,46,47,48). The second-order valence-electron chi connectivity index (χ2n) is 12.2. The fraction of sp³-hybridized carbons (Fsp3) is 0.0222. The number of aromatic nitrogens is 1. The van der Waals surface area contributed by atoms with Crippen LogP contribution in [0, 0.1) is 0 Å². The number of para-hydroxylation sites is 2. The van der Waals surface area contributed by atoms with Gasteiger partial charge in [0.25, 0.3) is 0 Å². The van der Waals surface area contributed by atoms with Crippen LogP contribution in [0.4, 0.5) is 0 Å². The van der Waals surface area contributed by atoms with Crippen LogP contribution in [0.15, 0.2) is 192 Å². The van der Waals surface area contributed by atoms with E-state index in [9.17, 15) is 0 Å². The quantitative estimate of drug-likeness (QED) is 0.196. The monoisotopic (exact) mass is 628 g/mol. The summed E-state index contributed by atoms with van der Waals surface area (Å²) < 4.78 is 2.36. The summed E-state index contributed by atoms with van der Waals surface area (Å²) in [6.45, 7) is 0. The predicted octanol–water partition coefficient (Wildman–Crippen LogP) is 10.6. The van der Waals surface area contributed by atoms with Gasteiger partial charge in [0, 0.05) is 27.6 Å². The van der Waals surface area contributed by atoms with Crippen LogP contribution in [0.25, 0.3) is 49.7 Å². The van der Waals surface area contributed by atoms with Crippen LogP contribution in [-0.4, -0.2) is 16.2 Å². The smallest absolute Gasteiger partial charge is 0.159 e. The molecule has 0 radical (unpaired) electrons. The molecule has 8 aromatic rings. The zero-order chi connectivity index (χ0) is 32.6. The molecule has 1 atom stereocenters. The van der Waals surface area contributed by atoms with Gasteiger partial charge in [-0.1, -0.05) is 152 Å². The summed E-state index contributed by atoms with van der Waals surface area (Å²) in [5.74, 6) is 1.51. The number of hydrogen-bond acceptors (Lipinski definition) is 3. The number of fused-ring (bicyclic) bond motifs is 3. The molecule has 1 aliphatic heterocycles. The van der Waals surface area contributed by atoms with E-state index < -0.39 is 0 Å². The van der Waals surface area contributed by atoms with E-state index in [4.69, 9.17) is 9.98 Å². The van der Waals surface area contributed by atoms with Gasteiger partial charge >= 0.3 is 0 Å². The topological polar surface area (TPSA) is 41.7 Å². The molecule has 1 aliphatic rings. The first kappa shape index (κ1) is 28.7. The molecule has 1 aromatic heterocycles. The minimum absolute atomic E-state index is 0.267. The number of amidine groups is 2. The highest BCUT2D eigenvalue weighted by Crippen LogP contribution is 2.39. The van der Waals surface area contributed by atoms with Gasteiger partial charge in [0.2, 0.25) is 0 Å². The third-order valence-electron chi connectivity index (χ3n) is 9.29. The van der Waals surface area contributed by atoms with E-state index in [1.54, 1.807) is 0 Å². The number of hydrogen-bond donors (Lipinski definition) is 1. The molecule has 232 valence electrons. The van der Waals surface area contributed by atoms with Gasteiger partial charge in [0.05, 0.1) is 11.0 Å². The van der Waals surface area contributed by atoms with Crippen LogP contribution >= 0.6 is 0 Å². The van der Waals surface area contributed by atoms with Crippen molar-refractivity contribution in [2.45, 2.75) is 6.17 Å². The maximum absolute atomic E-state index is 5.15. The van der Waals surface area contributed by atoms with E-state index in [0.717, 1.165) is 39.3 Å². The van der Waals surface area contributed by atoms with Crippen LogP contribution < -0.4 is 5.32 Å². The van der Waals surface area contributed by atoms with Gasteiger partial charge < -0.3 is 9.88 Å². The van der Waals surface area contributed by atoms with Crippen LogP contribution in [0.1, 0.15) is 22.9 Å². The second kappa shape index (κ2) is 12.3. The Kier molecular flexibility index (Phi) is 7.17. The zero-order valence-electron chi connectivity index (χ0n) is 26.7. The fourth-order valence-corrected chi connectivity index (χ4v) is 7.00. The summed E-state index contributed by atoms with van der Waals surface area (Å²) >= 11 is 0. The molecule has 1 unspecified atom stereocenters. The van der Waals surface area contributed by atoms with Gasteiger partial charge in [-0.25, -0.2) is 9.98 Å². The van der Waals surface area contributed by atoms with Crippen molar-refractivity contribution >= 4 is 33.5 Å². The third kappa shape index (κ3) is 5.20. The lowest BCUT2D eigenvalue weighted by Crippen LogP contribution is -2.34. The highest BCUT2D eigenvalue weighted by Gasteiger charge is 2.23. The van der Waals surface area contributed by atoms with Crippen molar-refractivity contribution in [1.82, 2.24) is 9.88 Å². The van der Waals surface area contributed by atoms with Crippen LogP contribution in [0.3, 0.4) is 0 Å². The van der Waals surface area contributed by atoms with Crippen molar-refractivity contribution in [3.8, 4) is 27.9 Å². The van der Waals surface area contributed by atoms with E-state index in [1.807, 2.05) is 24.3 Å². The van der Waals surface area contributed by atoms with Crippen LogP contribution in [0.2, 0.25) is 0 Å². The molecular weight excluding hydrogens is 597 g/mol. The van der Waals surface area contributed by atoms with Crippen molar-refractivity contribution < 1.29 is 0 Å². The lowest BCUT2D eigenvalue weighted by atomic mass is 9.90. The molecule has 0 amide bonds. The summed E-state index contributed by atoms with van der Waals surface area (Å²) in [5, 5.41) is 6.14. The SMILES string of the molecule is c1ccc(C2=NC(c3ccccc3)NC(c3ccccc3-c3ccccc3-c3ccc4c(c3)c3ccccc3n4-c3ccccc3)=N2)cc1. The maximum Gasteiger partial charge on any atom is 0.159 e. The van der Waals surface area contributed by atoms with E-state index in [0.29, 0.717) is 5.84 Å². The molecule has 0 saturated heterocycles. The number of aliphatic imine (C=N–C) groups is 2. The van der Waals surface area contributed by atoms with E-state index in [2.05, 4.69) is 168 Å². The Morgan fingerprint density at radius 3 is 1.78 bits per heavy atom. The normalized spacial score (nSPS) is 14.3. The Bertz CT molecular complexity index is 2510. The molecule has 4 nitrogen and oxygen atoms in total. The summed E-state index contributed by atoms with van der Waals surface area (Å²) in [6.07, 6.45) is -0.267. The first-order valence-electron chi connectivity index (χ1n) is 16.6. The maximum atomic E-state index is 5.15. The highest BCUT2D eigenvalue weighted by molar-refractivity contribution is 6.16. The van der Waals surface area contributed by atoms with Crippen molar-refractivity contribution in [2.75, 3.05) is 0 Å². The van der Waals surface area contributed by atoms with Gasteiger partial charge in [0.15, 0.2) is 5.84 Å². The summed E-state index contributed by atoms with van der Waals surface area (Å²) in [5.41, 5.74) is 11.2. The van der Waals surface area contributed by atoms with Gasteiger partial charge in [-0.3, -0.25) is 0 Å². The Labute approximate surface area is 285 Å². The summed E-state index contributed by atoms with van der Waals surface area (Å²) in [4.78, 5) is 10.2. The molecule has 7 aromatic carbocycles. The Hall–Kier alpha value is -6.52. The third-order valence-corrected chi connectivity index (χ3v) is 9.29. The van der Waals surface area contributed by atoms with E-state index in [1.165, 1.54) is 32.9 Å². The molecule has 9 rings (SSSR count). The van der Waals surface area contributed by atoms with Crippen molar-refractivity contribution in [2.24, 2.45) is 9.98 Å². The van der Waals surface area contributed by atoms with Gasteiger partial charge in [-0.05, 0) is 58.1 Å². The molecule has 1 N–H and O–H groups in total. The lowest BCUT2D eigenvalue weighted by Gasteiger charge is -2.25. The number of nitrogens with zero attached hydrogens (tertiary/aromatic N) is 3. The number of nitrogens with one attached hydrogen (secondary N) is 1. The zero-order valence-corrected chi connectivity index (χ0v) is 26.7. The van der Waals surface area contributed by atoms with Gasteiger partial charge in [-0.15, -0.1) is 0 Å². The van der Waals surface area contributed by atoms with Crippen molar-refractivity contribution in [3.63, 3.8) is 0 Å². The number of benzene rings is 7. The summed E-state index contributed by atoms with van der Waals surface area (Å²) in [6, 6.07) is 64.0. The lowest BCUT2D eigenvalue weighted by molar-refractivity contribution is 0.674. The van der Waals surface area contributed by atoms with Crippen LogP contribution in [0.5, 0.6) is 0 Å². The minimum Gasteiger partial charge on any atom is -0.344 e. The molecule has 0 bridgehead atoms. The molecule has 2 heterocycles. The van der Waals surface area contributed by atoms with E-state index >= 15 is 0 Å². The molecule has 0 saturated carbocycles. The largest absolute Gasteiger partial charge is 0.344 e. The van der Waals surface area contributed by atoms with Crippen molar-refractivity contribution in [1.29, 1.82) is 0 Å². The highest BCUT2D eigenvalue weighted by atomic mass is 15.2. The molecule has 4 heteroatoms. The summed E-state index contributed by atoms with van der Waals surface area (Å²) in [7, 11) is 0. The fourth-order valence-electron chi connectivity index (χ4n) is 7.00. The molecule has 0 aliphatic carbocycles. The minimum atomic E-state index is -0.267. The molecule has 0 fully saturated rings. The molecule has 49 heavy (non-hydrogen) atoms. The number of rotatable bonds is 6.